The van der Waals surface area contributed by atoms with Crippen molar-refractivity contribution in [3.63, 3.8) is 0 Å². The highest BCUT2D eigenvalue weighted by molar-refractivity contribution is 4.71. The number of rotatable bonds is 2. The molecular weight excluding hydrogens is 162 g/mol. The number of hydrogen-bond acceptors (Lipinski definition) is 2. The van der Waals surface area contributed by atoms with Gasteiger partial charge in [-0.25, -0.2) is 0 Å². The number of hydrogen-bond donors (Lipinski definition) is 1. The van der Waals surface area contributed by atoms with Gasteiger partial charge in [-0.1, -0.05) is 32.1 Å². The molecule has 0 aromatic carbocycles. The third kappa shape index (κ3) is 3.65. The molecule has 1 saturated carbocycles. The van der Waals surface area contributed by atoms with E-state index in [0.29, 0.717) is 6.04 Å². The zero-order valence-corrected chi connectivity index (χ0v) is 9.00. The topological polar surface area (TPSA) is 23.5 Å². The van der Waals surface area contributed by atoms with Gasteiger partial charge >= 0.3 is 0 Å². The Morgan fingerprint density at radius 3 is 2.00 bits per heavy atom. The molecule has 0 saturated heterocycles. The maximum atomic E-state index is 9.46. The van der Waals surface area contributed by atoms with E-state index in [4.69, 9.17) is 0 Å². The fourth-order valence-electron chi connectivity index (χ4n) is 2.15. The predicted octanol–water partition coefficient (Wildman–Crippen LogP) is 2.37. The number of aliphatic hydroxyl groups is 1. The molecule has 0 aromatic rings. The van der Waals surface area contributed by atoms with Crippen LogP contribution in [0.25, 0.3) is 0 Å². The standard InChI is InChI=1S/C11H23NO/c1-10(13)12(2)11-8-6-4-3-5-7-9-11/h10-11,13H,3-9H2,1-2H3. The molecule has 0 aliphatic heterocycles. The summed E-state index contributed by atoms with van der Waals surface area (Å²) in [6.45, 7) is 1.86. The summed E-state index contributed by atoms with van der Waals surface area (Å²) in [6.07, 6.45) is 9.08. The summed E-state index contributed by atoms with van der Waals surface area (Å²) in [6, 6.07) is 0.611. The van der Waals surface area contributed by atoms with Crippen LogP contribution >= 0.6 is 0 Å². The van der Waals surface area contributed by atoms with Crippen molar-refractivity contribution in [2.24, 2.45) is 0 Å². The Kier molecular flexibility index (Phi) is 4.74. The van der Waals surface area contributed by atoms with Crippen molar-refractivity contribution in [2.45, 2.75) is 64.1 Å². The van der Waals surface area contributed by atoms with Crippen molar-refractivity contribution in [3.8, 4) is 0 Å². The van der Waals surface area contributed by atoms with Gasteiger partial charge in [0.25, 0.3) is 0 Å². The van der Waals surface area contributed by atoms with Crippen LogP contribution in [0.15, 0.2) is 0 Å². The second-order valence-corrected chi connectivity index (χ2v) is 4.30. The molecule has 0 spiro atoms. The van der Waals surface area contributed by atoms with Gasteiger partial charge in [0, 0.05) is 6.04 Å². The number of aliphatic hydroxyl groups excluding tert-OH is 1. The van der Waals surface area contributed by atoms with Crippen LogP contribution in [0.5, 0.6) is 0 Å². The highest BCUT2D eigenvalue weighted by Gasteiger charge is 2.18. The van der Waals surface area contributed by atoms with Crippen molar-refractivity contribution in [1.82, 2.24) is 4.90 Å². The normalized spacial score (nSPS) is 24.0. The average Bonchev–Trinajstić information content (AvgIpc) is 2.02. The van der Waals surface area contributed by atoms with Crippen molar-refractivity contribution < 1.29 is 5.11 Å². The van der Waals surface area contributed by atoms with Gasteiger partial charge in [-0.05, 0) is 26.8 Å². The van der Waals surface area contributed by atoms with E-state index in [1.165, 1.54) is 44.9 Å². The van der Waals surface area contributed by atoms with Crippen molar-refractivity contribution in [2.75, 3.05) is 7.05 Å². The summed E-state index contributed by atoms with van der Waals surface area (Å²) in [5, 5.41) is 9.46. The van der Waals surface area contributed by atoms with Crippen LogP contribution in [-0.4, -0.2) is 29.3 Å². The smallest absolute Gasteiger partial charge is 0.104 e. The molecule has 2 heteroatoms. The Balaban J connectivity index is 2.36. The molecule has 1 fully saturated rings. The van der Waals surface area contributed by atoms with Gasteiger partial charge in [0.15, 0.2) is 0 Å². The molecule has 0 radical (unpaired) electrons. The monoisotopic (exact) mass is 185 g/mol. The zero-order chi connectivity index (χ0) is 9.68. The molecule has 78 valence electrons. The molecule has 1 aliphatic rings. The summed E-state index contributed by atoms with van der Waals surface area (Å²) < 4.78 is 0. The lowest BCUT2D eigenvalue weighted by Gasteiger charge is -2.31. The first-order valence-corrected chi connectivity index (χ1v) is 5.62. The summed E-state index contributed by atoms with van der Waals surface area (Å²) in [7, 11) is 2.04. The summed E-state index contributed by atoms with van der Waals surface area (Å²) in [4.78, 5) is 2.12. The molecular formula is C11H23NO. The van der Waals surface area contributed by atoms with Crippen LogP contribution in [0.2, 0.25) is 0 Å². The van der Waals surface area contributed by atoms with Crippen LogP contribution < -0.4 is 0 Å². The molecule has 1 atom stereocenters. The molecule has 0 amide bonds. The Hall–Kier alpha value is -0.0800. The van der Waals surface area contributed by atoms with Crippen LogP contribution in [0.1, 0.15) is 51.9 Å². The molecule has 1 N–H and O–H groups in total. The Morgan fingerprint density at radius 2 is 1.54 bits per heavy atom. The third-order valence-electron chi connectivity index (χ3n) is 3.24. The van der Waals surface area contributed by atoms with Crippen LogP contribution in [-0.2, 0) is 0 Å². The molecule has 0 bridgehead atoms. The molecule has 0 aromatic heterocycles. The first-order valence-electron chi connectivity index (χ1n) is 5.62. The van der Waals surface area contributed by atoms with E-state index < -0.39 is 0 Å². The first kappa shape index (κ1) is 11.0. The van der Waals surface area contributed by atoms with Gasteiger partial charge in [-0.3, -0.25) is 4.90 Å². The van der Waals surface area contributed by atoms with Crippen molar-refractivity contribution >= 4 is 0 Å². The van der Waals surface area contributed by atoms with Crippen molar-refractivity contribution in [1.29, 1.82) is 0 Å². The highest BCUT2D eigenvalue weighted by Crippen LogP contribution is 2.21. The lowest BCUT2D eigenvalue weighted by molar-refractivity contribution is 0.00117. The summed E-state index contributed by atoms with van der Waals surface area (Å²) in [5.41, 5.74) is 0. The minimum absolute atomic E-state index is 0.288. The minimum atomic E-state index is -0.288. The maximum Gasteiger partial charge on any atom is 0.104 e. The predicted molar refractivity (Wildman–Crippen MR) is 55.6 cm³/mol. The molecule has 0 heterocycles. The third-order valence-corrected chi connectivity index (χ3v) is 3.24. The van der Waals surface area contributed by atoms with Crippen LogP contribution in [0, 0.1) is 0 Å². The van der Waals surface area contributed by atoms with Gasteiger partial charge < -0.3 is 5.11 Å². The minimum Gasteiger partial charge on any atom is -0.379 e. The van der Waals surface area contributed by atoms with E-state index in [9.17, 15) is 5.11 Å². The fourth-order valence-corrected chi connectivity index (χ4v) is 2.15. The quantitative estimate of drug-likeness (QED) is 0.668. The van der Waals surface area contributed by atoms with E-state index in [2.05, 4.69) is 4.90 Å². The lowest BCUT2D eigenvalue weighted by Crippen LogP contribution is -2.38. The lowest BCUT2D eigenvalue weighted by atomic mass is 9.96. The molecule has 13 heavy (non-hydrogen) atoms. The first-order chi connectivity index (χ1) is 6.22. The van der Waals surface area contributed by atoms with Gasteiger partial charge in [0.2, 0.25) is 0 Å². The molecule has 2 nitrogen and oxygen atoms in total. The summed E-state index contributed by atoms with van der Waals surface area (Å²) >= 11 is 0. The maximum absolute atomic E-state index is 9.46. The fraction of sp³-hybridized carbons (Fsp3) is 1.00. The van der Waals surface area contributed by atoms with Crippen LogP contribution in [0.3, 0.4) is 0 Å². The van der Waals surface area contributed by atoms with E-state index in [1.807, 2.05) is 14.0 Å². The Labute approximate surface area is 81.9 Å². The Bertz CT molecular complexity index is 128. The molecule has 1 unspecified atom stereocenters. The zero-order valence-electron chi connectivity index (χ0n) is 9.00. The van der Waals surface area contributed by atoms with Crippen LogP contribution in [0.4, 0.5) is 0 Å². The molecule has 1 aliphatic carbocycles. The average molecular weight is 185 g/mol. The number of nitrogens with zero attached hydrogens (tertiary/aromatic N) is 1. The van der Waals surface area contributed by atoms with Gasteiger partial charge in [-0.15, -0.1) is 0 Å². The SMILES string of the molecule is CC(O)N(C)C1CCCCCCC1. The van der Waals surface area contributed by atoms with E-state index >= 15 is 0 Å². The molecule has 1 rings (SSSR count). The van der Waals surface area contributed by atoms with E-state index in [0.717, 1.165) is 0 Å². The van der Waals surface area contributed by atoms with Gasteiger partial charge in [0.05, 0.1) is 0 Å². The summed E-state index contributed by atoms with van der Waals surface area (Å²) in [5.74, 6) is 0. The second kappa shape index (κ2) is 5.61. The van der Waals surface area contributed by atoms with E-state index in [1.54, 1.807) is 0 Å². The van der Waals surface area contributed by atoms with Crippen molar-refractivity contribution in [3.05, 3.63) is 0 Å². The van der Waals surface area contributed by atoms with Gasteiger partial charge in [0.1, 0.15) is 6.23 Å². The largest absolute Gasteiger partial charge is 0.379 e. The van der Waals surface area contributed by atoms with Gasteiger partial charge in [-0.2, -0.15) is 0 Å². The Morgan fingerprint density at radius 1 is 1.08 bits per heavy atom. The van der Waals surface area contributed by atoms with E-state index in [-0.39, 0.29) is 6.23 Å². The highest BCUT2D eigenvalue weighted by atomic mass is 16.3. The second-order valence-electron chi connectivity index (χ2n) is 4.30.